The van der Waals surface area contributed by atoms with Crippen molar-refractivity contribution in [1.82, 2.24) is 10.2 Å². The van der Waals surface area contributed by atoms with Crippen LogP contribution in [-0.4, -0.2) is 54.4 Å². The minimum atomic E-state index is -0.829. The Bertz CT molecular complexity index is 310. The van der Waals surface area contributed by atoms with Crippen LogP contribution >= 0.6 is 0 Å². The molecule has 1 heterocycles. The molecule has 0 spiro atoms. The maximum absolute atomic E-state index is 11.9. The van der Waals surface area contributed by atoms with Gasteiger partial charge < -0.3 is 20.1 Å². The van der Waals surface area contributed by atoms with Crippen LogP contribution in [0.1, 0.15) is 45.4 Å². The van der Waals surface area contributed by atoms with E-state index < -0.39 is 5.97 Å². The average Bonchev–Trinajstić information content (AvgIpc) is 2.66. The molecule has 20 heavy (non-hydrogen) atoms. The van der Waals surface area contributed by atoms with Crippen LogP contribution in [0.25, 0.3) is 0 Å². The zero-order valence-electron chi connectivity index (χ0n) is 12.3. The number of nitrogens with one attached hydrogen (secondary N) is 1. The Hall–Kier alpha value is -1.30. The highest BCUT2D eigenvalue weighted by atomic mass is 16.5. The third-order valence-corrected chi connectivity index (χ3v) is 3.36. The van der Waals surface area contributed by atoms with Gasteiger partial charge in [-0.25, -0.2) is 4.79 Å². The first-order chi connectivity index (χ1) is 9.63. The van der Waals surface area contributed by atoms with Gasteiger partial charge in [0.1, 0.15) is 0 Å². The van der Waals surface area contributed by atoms with E-state index in [9.17, 15) is 9.59 Å². The highest BCUT2D eigenvalue weighted by Gasteiger charge is 2.20. The number of ether oxygens (including phenoxy) is 1. The predicted octanol–water partition coefficient (Wildman–Crippen LogP) is 1.84. The van der Waals surface area contributed by atoms with Gasteiger partial charge in [0.05, 0.1) is 6.10 Å². The molecular formula is C14H26N2O4. The van der Waals surface area contributed by atoms with Gasteiger partial charge in [-0.2, -0.15) is 0 Å². The summed E-state index contributed by atoms with van der Waals surface area (Å²) in [7, 11) is 0. The van der Waals surface area contributed by atoms with Crippen molar-refractivity contribution in [1.29, 1.82) is 0 Å². The van der Waals surface area contributed by atoms with Crippen LogP contribution in [0.5, 0.6) is 0 Å². The Kier molecular flexibility index (Phi) is 8.02. The standard InChI is InChI=1S/C14H26N2O4/c1-2-11-20-12-5-4-9-16(10-7-12)14(19)15-8-3-6-13(17)18/h12H,2-11H2,1H3,(H,15,19)(H,17,18). The van der Waals surface area contributed by atoms with E-state index in [-0.39, 0.29) is 18.6 Å². The van der Waals surface area contributed by atoms with E-state index in [1.165, 1.54) is 0 Å². The first-order valence-corrected chi connectivity index (χ1v) is 7.49. The summed E-state index contributed by atoms with van der Waals surface area (Å²) in [4.78, 5) is 24.1. The maximum Gasteiger partial charge on any atom is 0.317 e. The second-order valence-electron chi connectivity index (χ2n) is 5.14. The molecule has 2 amide bonds. The second kappa shape index (κ2) is 9.58. The minimum absolute atomic E-state index is 0.0905. The number of likely N-dealkylation sites (tertiary alicyclic amines) is 1. The molecule has 2 N–H and O–H groups in total. The van der Waals surface area contributed by atoms with Crippen molar-refractivity contribution < 1.29 is 19.4 Å². The molecule has 116 valence electrons. The Morgan fingerprint density at radius 3 is 2.85 bits per heavy atom. The van der Waals surface area contributed by atoms with Crippen LogP contribution in [0, 0.1) is 0 Å². The summed E-state index contributed by atoms with van der Waals surface area (Å²) in [6, 6.07) is -0.0912. The number of amides is 2. The van der Waals surface area contributed by atoms with E-state index in [4.69, 9.17) is 9.84 Å². The third-order valence-electron chi connectivity index (χ3n) is 3.36. The van der Waals surface area contributed by atoms with Crippen molar-refractivity contribution >= 4 is 12.0 Å². The molecule has 0 aromatic heterocycles. The van der Waals surface area contributed by atoms with Gasteiger partial charge in [-0.3, -0.25) is 4.79 Å². The number of carbonyl (C=O) groups excluding carboxylic acids is 1. The van der Waals surface area contributed by atoms with E-state index in [2.05, 4.69) is 12.2 Å². The lowest BCUT2D eigenvalue weighted by Crippen LogP contribution is -2.41. The average molecular weight is 286 g/mol. The smallest absolute Gasteiger partial charge is 0.317 e. The van der Waals surface area contributed by atoms with Gasteiger partial charge >= 0.3 is 12.0 Å². The van der Waals surface area contributed by atoms with Crippen LogP contribution in [0.3, 0.4) is 0 Å². The first-order valence-electron chi connectivity index (χ1n) is 7.49. The summed E-state index contributed by atoms with van der Waals surface area (Å²) < 4.78 is 5.74. The second-order valence-corrected chi connectivity index (χ2v) is 5.14. The van der Waals surface area contributed by atoms with E-state index >= 15 is 0 Å². The lowest BCUT2D eigenvalue weighted by atomic mass is 10.2. The molecule has 0 saturated carbocycles. The molecule has 0 aliphatic carbocycles. The predicted molar refractivity (Wildman–Crippen MR) is 75.7 cm³/mol. The summed E-state index contributed by atoms with van der Waals surface area (Å²) in [6.07, 6.45) is 4.68. The normalized spacial score (nSPS) is 19.4. The summed E-state index contributed by atoms with van der Waals surface area (Å²) in [6.45, 7) is 4.74. The molecule has 1 saturated heterocycles. The maximum atomic E-state index is 11.9. The molecule has 1 atom stereocenters. The zero-order chi connectivity index (χ0) is 14.8. The van der Waals surface area contributed by atoms with Crippen molar-refractivity contribution in [3.8, 4) is 0 Å². The molecule has 0 aromatic rings. The van der Waals surface area contributed by atoms with Gasteiger partial charge in [-0.1, -0.05) is 6.92 Å². The molecule has 1 aliphatic rings. The topological polar surface area (TPSA) is 78.9 Å². The summed E-state index contributed by atoms with van der Waals surface area (Å²) >= 11 is 0. The Balaban J connectivity index is 2.22. The molecule has 0 bridgehead atoms. The molecule has 1 aliphatic heterocycles. The third kappa shape index (κ3) is 6.75. The van der Waals surface area contributed by atoms with E-state index in [0.717, 1.165) is 38.8 Å². The van der Waals surface area contributed by atoms with Crippen molar-refractivity contribution in [2.75, 3.05) is 26.2 Å². The van der Waals surface area contributed by atoms with Crippen LogP contribution in [-0.2, 0) is 9.53 Å². The lowest BCUT2D eigenvalue weighted by Gasteiger charge is -2.21. The van der Waals surface area contributed by atoms with Crippen LogP contribution in [0.2, 0.25) is 0 Å². The molecule has 1 rings (SSSR count). The highest BCUT2D eigenvalue weighted by molar-refractivity contribution is 5.74. The van der Waals surface area contributed by atoms with Gasteiger partial charge in [-0.15, -0.1) is 0 Å². The number of carbonyl (C=O) groups is 2. The minimum Gasteiger partial charge on any atom is -0.481 e. The van der Waals surface area contributed by atoms with E-state index in [0.29, 0.717) is 19.5 Å². The fraction of sp³-hybridized carbons (Fsp3) is 0.857. The van der Waals surface area contributed by atoms with Gasteiger partial charge in [0.15, 0.2) is 0 Å². The summed E-state index contributed by atoms with van der Waals surface area (Å²) in [5.74, 6) is -0.829. The van der Waals surface area contributed by atoms with Gasteiger partial charge in [0.25, 0.3) is 0 Å². The van der Waals surface area contributed by atoms with Crippen molar-refractivity contribution in [3.05, 3.63) is 0 Å². The Labute approximate surface area is 120 Å². The number of carboxylic acid groups (broad SMARTS) is 1. The molecular weight excluding hydrogens is 260 g/mol. The molecule has 1 unspecified atom stereocenters. The van der Waals surface area contributed by atoms with Gasteiger partial charge in [0.2, 0.25) is 0 Å². The van der Waals surface area contributed by atoms with Crippen LogP contribution in [0.15, 0.2) is 0 Å². The molecule has 6 nitrogen and oxygen atoms in total. The van der Waals surface area contributed by atoms with E-state index in [1.54, 1.807) is 4.90 Å². The number of hydrogen-bond donors (Lipinski definition) is 2. The zero-order valence-corrected chi connectivity index (χ0v) is 12.3. The summed E-state index contributed by atoms with van der Waals surface area (Å²) in [5.41, 5.74) is 0. The molecule has 6 heteroatoms. The van der Waals surface area contributed by atoms with Crippen molar-refractivity contribution in [2.45, 2.75) is 51.6 Å². The number of rotatable bonds is 7. The SMILES string of the molecule is CCCOC1CCCN(C(=O)NCCCC(=O)O)CC1. The number of aliphatic carboxylic acids is 1. The molecule has 0 aromatic carbocycles. The number of carboxylic acids is 1. The van der Waals surface area contributed by atoms with Crippen molar-refractivity contribution in [3.63, 3.8) is 0 Å². The fourth-order valence-corrected chi connectivity index (χ4v) is 2.27. The van der Waals surface area contributed by atoms with Gasteiger partial charge in [0, 0.05) is 32.7 Å². The van der Waals surface area contributed by atoms with E-state index in [1.807, 2.05) is 0 Å². The Morgan fingerprint density at radius 2 is 2.15 bits per heavy atom. The fourth-order valence-electron chi connectivity index (χ4n) is 2.27. The highest BCUT2D eigenvalue weighted by Crippen LogP contribution is 2.14. The largest absolute Gasteiger partial charge is 0.481 e. The molecule has 1 fully saturated rings. The number of hydrogen-bond acceptors (Lipinski definition) is 3. The van der Waals surface area contributed by atoms with Gasteiger partial charge in [-0.05, 0) is 32.1 Å². The van der Waals surface area contributed by atoms with Crippen LogP contribution in [0.4, 0.5) is 4.79 Å². The number of urea groups is 1. The van der Waals surface area contributed by atoms with Crippen molar-refractivity contribution in [2.24, 2.45) is 0 Å². The first kappa shape index (κ1) is 16.8. The summed E-state index contributed by atoms with van der Waals surface area (Å²) in [5, 5.41) is 11.3. The van der Waals surface area contributed by atoms with Crippen LogP contribution < -0.4 is 5.32 Å². The Morgan fingerprint density at radius 1 is 1.35 bits per heavy atom. The lowest BCUT2D eigenvalue weighted by molar-refractivity contribution is -0.137. The molecule has 0 radical (unpaired) electrons. The number of nitrogens with zero attached hydrogens (tertiary/aromatic N) is 1. The quantitative estimate of drug-likeness (QED) is 0.700. The monoisotopic (exact) mass is 286 g/mol.